The SMILES string of the molecule is COc1cc(Br)c(C2CCNC2)c(C)c1OC. The normalized spacial score (nSPS) is 19.4. The van der Waals surface area contributed by atoms with E-state index in [1.807, 2.05) is 6.07 Å². The van der Waals surface area contributed by atoms with Gasteiger partial charge in [0.1, 0.15) is 0 Å². The molecule has 1 saturated heterocycles. The predicted molar refractivity (Wildman–Crippen MR) is 72.2 cm³/mol. The Morgan fingerprint density at radius 3 is 2.65 bits per heavy atom. The van der Waals surface area contributed by atoms with Crippen LogP contribution < -0.4 is 14.8 Å². The number of rotatable bonds is 3. The average Bonchev–Trinajstić information content (AvgIpc) is 2.82. The number of halogens is 1. The first-order valence-corrected chi connectivity index (χ1v) is 6.60. The maximum Gasteiger partial charge on any atom is 0.163 e. The van der Waals surface area contributed by atoms with Crippen molar-refractivity contribution in [2.75, 3.05) is 27.3 Å². The molecule has 0 aromatic heterocycles. The van der Waals surface area contributed by atoms with Gasteiger partial charge in [-0.3, -0.25) is 0 Å². The van der Waals surface area contributed by atoms with Crippen LogP contribution in [0, 0.1) is 6.92 Å². The highest BCUT2D eigenvalue weighted by atomic mass is 79.9. The lowest BCUT2D eigenvalue weighted by Gasteiger charge is -2.19. The van der Waals surface area contributed by atoms with Gasteiger partial charge in [0, 0.05) is 11.0 Å². The standard InChI is InChI=1S/C13H18BrNO2/c1-8-12(9-4-5-15-7-9)10(14)6-11(16-2)13(8)17-3/h6,9,15H,4-5,7H2,1-3H3. The van der Waals surface area contributed by atoms with Crippen LogP contribution in [-0.4, -0.2) is 27.3 Å². The van der Waals surface area contributed by atoms with Crippen molar-refractivity contribution in [2.24, 2.45) is 0 Å². The third-order valence-corrected chi connectivity index (χ3v) is 4.03. The quantitative estimate of drug-likeness (QED) is 0.931. The Labute approximate surface area is 111 Å². The van der Waals surface area contributed by atoms with Gasteiger partial charge >= 0.3 is 0 Å². The second-order valence-electron chi connectivity index (χ2n) is 4.32. The molecule has 1 heterocycles. The summed E-state index contributed by atoms with van der Waals surface area (Å²) in [7, 11) is 3.36. The summed E-state index contributed by atoms with van der Waals surface area (Å²) in [6.45, 7) is 4.22. The minimum atomic E-state index is 0.559. The van der Waals surface area contributed by atoms with Crippen molar-refractivity contribution in [1.29, 1.82) is 0 Å². The zero-order valence-corrected chi connectivity index (χ0v) is 12.1. The van der Waals surface area contributed by atoms with Gasteiger partial charge in [0.05, 0.1) is 14.2 Å². The van der Waals surface area contributed by atoms with Crippen LogP contribution in [0.2, 0.25) is 0 Å². The molecular formula is C13H18BrNO2. The average molecular weight is 300 g/mol. The van der Waals surface area contributed by atoms with Crippen LogP contribution in [-0.2, 0) is 0 Å². The van der Waals surface area contributed by atoms with Crippen LogP contribution in [0.5, 0.6) is 11.5 Å². The Bertz CT molecular complexity index is 414. The minimum Gasteiger partial charge on any atom is -0.493 e. The molecular weight excluding hydrogens is 282 g/mol. The topological polar surface area (TPSA) is 30.5 Å². The van der Waals surface area contributed by atoms with E-state index >= 15 is 0 Å². The number of benzene rings is 1. The van der Waals surface area contributed by atoms with E-state index in [0.29, 0.717) is 5.92 Å². The molecule has 4 heteroatoms. The summed E-state index contributed by atoms with van der Waals surface area (Å²) in [5.74, 6) is 2.19. The Morgan fingerprint density at radius 1 is 1.35 bits per heavy atom. The van der Waals surface area contributed by atoms with Gasteiger partial charge < -0.3 is 14.8 Å². The van der Waals surface area contributed by atoms with Gasteiger partial charge in [-0.1, -0.05) is 15.9 Å². The van der Waals surface area contributed by atoms with Gasteiger partial charge in [-0.05, 0) is 43.0 Å². The highest BCUT2D eigenvalue weighted by molar-refractivity contribution is 9.10. The molecule has 0 radical (unpaired) electrons. The maximum absolute atomic E-state index is 5.46. The highest BCUT2D eigenvalue weighted by Crippen LogP contribution is 2.42. The van der Waals surface area contributed by atoms with Crippen LogP contribution >= 0.6 is 15.9 Å². The summed E-state index contributed by atoms with van der Waals surface area (Å²) < 4.78 is 11.9. The molecule has 2 rings (SSSR count). The van der Waals surface area contributed by atoms with Gasteiger partial charge in [-0.15, -0.1) is 0 Å². The molecule has 1 aliphatic rings. The maximum atomic E-state index is 5.46. The molecule has 0 spiro atoms. The van der Waals surface area contributed by atoms with E-state index < -0.39 is 0 Å². The third-order valence-electron chi connectivity index (χ3n) is 3.38. The molecule has 1 N–H and O–H groups in total. The van der Waals surface area contributed by atoms with Crippen molar-refractivity contribution >= 4 is 15.9 Å². The van der Waals surface area contributed by atoms with Gasteiger partial charge in [-0.2, -0.15) is 0 Å². The molecule has 1 aromatic rings. The van der Waals surface area contributed by atoms with E-state index in [9.17, 15) is 0 Å². The van der Waals surface area contributed by atoms with Crippen LogP contribution in [0.4, 0.5) is 0 Å². The van der Waals surface area contributed by atoms with E-state index in [4.69, 9.17) is 9.47 Å². The van der Waals surface area contributed by atoms with E-state index in [1.54, 1.807) is 14.2 Å². The van der Waals surface area contributed by atoms with E-state index in [2.05, 4.69) is 28.2 Å². The van der Waals surface area contributed by atoms with Crippen molar-refractivity contribution in [3.8, 4) is 11.5 Å². The lowest BCUT2D eigenvalue weighted by Crippen LogP contribution is -2.10. The molecule has 1 aromatic carbocycles. The summed E-state index contributed by atoms with van der Waals surface area (Å²) >= 11 is 3.65. The van der Waals surface area contributed by atoms with E-state index in [1.165, 1.54) is 17.5 Å². The van der Waals surface area contributed by atoms with Gasteiger partial charge in [-0.25, -0.2) is 0 Å². The first kappa shape index (κ1) is 12.7. The summed E-state index contributed by atoms with van der Waals surface area (Å²) in [6, 6.07) is 2.00. The minimum absolute atomic E-state index is 0.559. The summed E-state index contributed by atoms with van der Waals surface area (Å²) in [6.07, 6.45) is 1.18. The monoisotopic (exact) mass is 299 g/mol. The molecule has 0 aliphatic carbocycles. The van der Waals surface area contributed by atoms with Crippen molar-refractivity contribution < 1.29 is 9.47 Å². The van der Waals surface area contributed by atoms with Crippen molar-refractivity contribution in [2.45, 2.75) is 19.3 Å². The molecule has 17 heavy (non-hydrogen) atoms. The summed E-state index contributed by atoms with van der Waals surface area (Å²) in [4.78, 5) is 0. The second kappa shape index (κ2) is 5.27. The molecule has 3 nitrogen and oxygen atoms in total. The molecule has 1 aliphatic heterocycles. The Hall–Kier alpha value is -0.740. The first-order valence-electron chi connectivity index (χ1n) is 5.80. The van der Waals surface area contributed by atoms with Crippen molar-refractivity contribution in [3.05, 3.63) is 21.7 Å². The number of hydrogen-bond acceptors (Lipinski definition) is 3. The van der Waals surface area contributed by atoms with E-state index in [-0.39, 0.29) is 0 Å². The Morgan fingerprint density at radius 2 is 2.12 bits per heavy atom. The summed E-state index contributed by atoms with van der Waals surface area (Å²) in [5.41, 5.74) is 2.51. The third kappa shape index (κ3) is 2.29. The van der Waals surface area contributed by atoms with Crippen molar-refractivity contribution in [1.82, 2.24) is 5.32 Å². The van der Waals surface area contributed by atoms with E-state index in [0.717, 1.165) is 29.1 Å². The van der Waals surface area contributed by atoms with Crippen LogP contribution in [0.25, 0.3) is 0 Å². The Balaban J connectivity index is 2.51. The Kier molecular flexibility index (Phi) is 3.94. The van der Waals surface area contributed by atoms with Gasteiger partial charge in [0.15, 0.2) is 11.5 Å². The molecule has 1 fully saturated rings. The predicted octanol–water partition coefficient (Wildman–Crippen LogP) is 2.85. The number of ether oxygens (including phenoxy) is 2. The molecule has 0 saturated carbocycles. The zero-order chi connectivity index (χ0) is 12.4. The molecule has 1 unspecified atom stereocenters. The zero-order valence-electron chi connectivity index (χ0n) is 10.5. The largest absolute Gasteiger partial charge is 0.493 e. The fourth-order valence-electron chi connectivity index (χ4n) is 2.55. The first-order chi connectivity index (χ1) is 8.19. The fraction of sp³-hybridized carbons (Fsp3) is 0.538. The fourth-order valence-corrected chi connectivity index (χ4v) is 3.38. The van der Waals surface area contributed by atoms with Crippen LogP contribution in [0.3, 0.4) is 0 Å². The molecule has 94 valence electrons. The lowest BCUT2D eigenvalue weighted by molar-refractivity contribution is 0.351. The lowest BCUT2D eigenvalue weighted by atomic mass is 9.93. The highest BCUT2D eigenvalue weighted by Gasteiger charge is 2.24. The molecule has 0 amide bonds. The summed E-state index contributed by atoms with van der Waals surface area (Å²) in [5, 5.41) is 3.40. The van der Waals surface area contributed by atoms with Crippen molar-refractivity contribution in [3.63, 3.8) is 0 Å². The number of methoxy groups -OCH3 is 2. The van der Waals surface area contributed by atoms with Gasteiger partial charge in [0.2, 0.25) is 0 Å². The number of nitrogens with one attached hydrogen (secondary N) is 1. The van der Waals surface area contributed by atoms with Crippen LogP contribution in [0.1, 0.15) is 23.5 Å². The van der Waals surface area contributed by atoms with Crippen LogP contribution in [0.15, 0.2) is 10.5 Å². The number of hydrogen-bond donors (Lipinski definition) is 1. The van der Waals surface area contributed by atoms with Gasteiger partial charge in [0.25, 0.3) is 0 Å². The smallest absolute Gasteiger partial charge is 0.163 e. The molecule has 0 bridgehead atoms. The second-order valence-corrected chi connectivity index (χ2v) is 5.18. The molecule has 1 atom stereocenters.